The van der Waals surface area contributed by atoms with Crippen molar-refractivity contribution in [1.29, 1.82) is 0 Å². The lowest BCUT2D eigenvalue weighted by Gasteiger charge is -2.18. The Morgan fingerprint density at radius 1 is 0.800 bits per heavy atom. The van der Waals surface area contributed by atoms with Gasteiger partial charge in [-0.3, -0.25) is 4.90 Å². The third-order valence-corrected chi connectivity index (χ3v) is 3.59. The molecule has 0 amide bonds. The van der Waals surface area contributed by atoms with Crippen molar-refractivity contribution in [2.24, 2.45) is 0 Å². The molecule has 0 spiro atoms. The van der Waals surface area contributed by atoms with Crippen molar-refractivity contribution in [2.45, 2.75) is 26.9 Å². The highest BCUT2D eigenvalue weighted by Crippen LogP contribution is 2.12. The van der Waals surface area contributed by atoms with E-state index in [0.717, 1.165) is 26.2 Å². The Morgan fingerprint density at radius 3 is 2.05 bits per heavy atom. The van der Waals surface area contributed by atoms with Crippen LogP contribution in [0.25, 0.3) is 0 Å². The molecule has 0 bridgehead atoms. The van der Waals surface area contributed by atoms with Crippen molar-refractivity contribution in [1.82, 2.24) is 4.90 Å². The molecule has 2 aromatic carbocycles. The van der Waals surface area contributed by atoms with Gasteiger partial charge in [0.25, 0.3) is 0 Å². The molecule has 0 atom stereocenters. The normalized spacial score (nSPS) is 10.8. The first kappa shape index (κ1) is 14.6. The van der Waals surface area contributed by atoms with Crippen LogP contribution >= 0.6 is 0 Å². The molecule has 0 heterocycles. The summed E-state index contributed by atoms with van der Waals surface area (Å²) in [6.45, 7) is 8.52. The second-order valence-electron chi connectivity index (χ2n) is 5.00. The molecule has 0 fully saturated rings. The number of nitrogens with zero attached hydrogens (tertiary/aromatic N) is 1. The van der Waals surface area contributed by atoms with E-state index in [-0.39, 0.29) is 0 Å². The van der Waals surface area contributed by atoms with Crippen molar-refractivity contribution in [3.05, 3.63) is 65.7 Å². The van der Waals surface area contributed by atoms with Crippen LogP contribution < -0.4 is 5.32 Å². The molecule has 2 heteroatoms. The Morgan fingerprint density at radius 2 is 1.45 bits per heavy atom. The van der Waals surface area contributed by atoms with Gasteiger partial charge in [-0.05, 0) is 36.3 Å². The fourth-order valence-electron chi connectivity index (χ4n) is 2.23. The van der Waals surface area contributed by atoms with E-state index in [0.29, 0.717) is 0 Å². The number of hydrogen-bond donors (Lipinski definition) is 1. The Labute approximate surface area is 122 Å². The zero-order chi connectivity index (χ0) is 14.2. The summed E-state index contributed by atoms with van der Waals surface area (Å²) in [6.07, 6.45) is 0. The van der Waals surface area contributed by atoms with Crippen molar-refractivity contribution in [3.63, 3.8) is 0 Å². The van der Waals surface area contributed by atoms with Crippen LogP contribution in [0.3, 0.4) is 0 Å². The summed E-state index contributed by atoms with van der Waals surface area (Å²) in [5.41, 5.74) is 3.86. The molecular formula is C18H24N2. The van der Waals surface area contributed by atoms with Gasteiger partial charge in [-0.15, -0.1) is 0 Å². The van der Waals surface area contributed by atoms with Crippen LogP contribution in [0.5, 0.6) is 0 Å². The molecule has 0 radical (unpaired) electrons. The van der Waals surface area contributed by atoms with Crippen LogP contribution in [0.2, 0.25) is 0 Å². The molecule has 0 aliphatic rings. The largest absolute Gasteiger partial charge is 0.381 e. The van der Waals surface area contributed by atoms with Crippen LogP contribution in [0.1, 0.15) is 25.0 Å². The topological polar surface area (TPSA) is 15.3 Å². The maximum Gasteiger partial charge on any atom is 0.0400 e. The Balaban J connectivity index is 1.88. The summed E-state index contributed by atoms with van der Waals surface area (Å²) in [6, 6.07) is 19.2. The van der Waals surface area contributed by atoms with Gasteiger partial charge >= 0.3 is 0 Å². The van der Waals surface area contributed by atoms with Crippen LogP contribution in [0.15, 0.2) is 54.6 Å². The van der Waals surface area contributed by atoms with Crippen LogP contribution in [-0.4, -0.2) is 18.0 Å². The lowest BCUT2D eigenvalue weighted by atomic mass is 10.2. The monoisotopic (exact) mass is 268 g/mol. The molecule has 0 aliphatic carbocycles. The highest BCUT2D eigenvalue weighted by Gasteiger charge is 2.01. The minimum absolute atomic E-state index is 0.871. The van der Waals surface area contributed by atoms with Gasteiger partial charge < -0.3 is 5.32 Å². The third-order valence-electron chi connectivity index (χ3n) is 3.59. The molecule has 0 unspecified atom stereocenters. The average molecular weight is 268 g/mol. The van der Waals surface area contributed by atoms with Gasteiger partial charge in [0.05, 0.1) is 0 Å². The Kier molecular flexibility index (Phi) is 5.63. The zero-order valence-corrected chi connectivity index (χ0v) is 12.5. The quantitative estimate of drug-likeness (QED) is 0.812. The first-order valence-electron chi connectivity index (χ1n) is 7.41. The molecule has 0 saturated heterocycles. The van der Waals surface area contributed by atoms with Crippen molar-refractivity contribution in [2.75, 3.05) is 18.4 Å². The van der Waals surface area contributed by atoms with Crippen LogP contribution in [0.4, 0.5) is 5.69 Å². The molecule has 2 aromatic rings. The number of benzene rings is 2. The Hall–Kier alpha value is -1.80. The predicted molar refractivity (Wildman–Crippen MR) is 86.8 cm³/mol. The summed E-state index contributed by atoms with van der Waals surface area (Å²) < 4.78 is 0. The summed E-state index contributed by atoms with van der Waals surface area (Å²) >= 11 is 0. The minimum atomic E-state index is 0.871. The number of hydrogen-bond acceptors (Lipinski definition) is 2. The molecule has 20 heavy (non-hydrogen) atoms. The van der Waals surface area contributed by atoms with Gasteiger partial charge in [-0.25, -0.2) is 0 Å². The van der Waals surface area contributed by atoms with E-state index in [2.05, 4.69) is 72.6 Å². The zero-order valence-electron chi connectivity index (χ0n) is 12.5. The number of rotatable bonds is 7. The van der Waals surface area contributed by atoms with E-state index in [9.17, 15) is 0 Å². The summed E-state index contributed by atoms with van der Waals surface area (Å²) in [5.74, 6) is 0. The lowest BCUT2D eigenvalue weighted by Crippen LogP contribution is -2.21. The third kappa shape index (κ3) is 4.39. The van der Waals surface area contributed by atoms with Gasteiger partial charge in [0.1, 0.15) is 0 Å². The molecule has 0 aromatic heterocycles. The van der Waals surface area contributed by atoms with Gasteiger partial charge in [0.2, 0.25) is 0 Å². The van der Waals surface area contributed by atoms with Crippen LogP contribution in [0, 0.1) is 0 Å². The van der Waals surface area contributed by atoms with Gasteiger partial charge in [0, 0.05) is 18.8 Å². The molecule has 0 aliphatic heterocycles. The summed E-state index contributed by atoms with van der Waals surface area (Å²) in [5, 5.41) is 3.46. The van der Waals surface area contributed by atoms with Crippen molar-refractivity contribution >= 4 is 5.69 Å². The molecule has 2 nitrogen and oxygen atoms in total. The number of nitrogens with one attached hydrogen (secondary N) is 1. The second kappa shape index (κ2) is 7.71. The van der Waals surface area contributed by atoms with E-state index in [1.807, 2.05) is 6.07 Å². The second-order valence-corrected chi connectivity index (χ2v) is 5.00. The first-order valence-corrected chi connectivity index (χ1v) is 7.41. The van der Waals surface area contributed by atoms with E-state index in [1.165, 1.54) is 16.8 Å². The standard InChI is InChI=1S/C18H24N2/c1-3-20(4-2)15-17-10-12-18(13-11-17)19-14-16-8-6-5-7-9-16/h5-13,19H,3-4,14-15H2,1-2H3. The maximum atomic E-state index is 3.46. The molecule has 1 N–H and O–H groups in total. The van der Waals surface area contributed by atoms with Gasteiger partial charge in [-0.2, -0.15) is 0 Å². The highest BCUT2D eigenvalue weighted by molar-refractivity contribution is 5.45. The average Bonchev–Trinajstić information content (AvgIpc) is 2.53. The van der Waals surface area contributed by atoms with Gasteiger partial charge in [0.15, 0.2) is 0 Å². The maximum absolute atomic E-state index is 3.46. The summed E-state index contributed by atoms with van der Waals surface area (Å²) in [7, 11) is 0. The van der Waals surface area contributed by atoms with E-state index < -0.39 is 0 Å². The Bertz CT molecular complexity index is 487. The highest BCUT2D eigenvalue weighted by atomic mass is 15.1. The summed E-state index contributed by atoms with van der Waals surface area (Å²) in [4.78, 5) is 2.42. The molecule has 2 rings (SSSR count). The smallest absolute Gasteiger partial charge is 0.0400 e. The fraction of sp³-hybridized carbons (Fsp3) is 0.333. The minimum Gasteiger partial charge on any atom is -0.381 e. The van der Waals surface area contributed by atoms with E-state index >= 15 is 0 Å². The lowest BCUT2D eigenvalue weighted by molar-refractivity contribution is 0.296. The van der Waals surface area contributed by atoms with Crippen molar-refractivity contribution in [3.8, 4) is 0 Å². The fourth-order valence-corrected chi connectivity index (χ4v) is 2.23. The van der Waals surface area contributed by atoms with Gasteiger partial charge in [-0.1, -0.05) is 56.3 Å². The molecule has 0 saturated carbocycles. The number of anilines is 1. The van der Waals surface area contributed by atoms with Crippen molar-refractivity contribution < 1.29 is 0 Å². The predicted octanol–water partition coefficient (Wildman–Crippen LogP) is 4.14. The van der Waals surface area contributed by atoms with E-state index in [1.54, 1.807) is 0 Å². The molecular weight excluding hydrogens is 244 g/mol. The van der Waals surface area contributed by atoms with Crippen LogP contribution in [-0.2, 0) is 13.1 Å². The SMILES string of the molecule is CCN(CC)Cc1ccc(NCc2ccccc2)cc1. The van der Waals surface area contributed by atoms with E-state index in [4.69, 9.17) is 0 Å². The first-order chi connectivity index (χ1) is 9.81. The molecule has 106 valence electrons.